The summed E-state index contributed by atoms with van der Waals surface area (Å²) in [5.74, 6) is 0.0769. The first-order valence-corrected chi connectivity index (χ1v) is 11.4. The lowest BCUT2D eigenvalue weighted by molar-refractivity contribution is -0.00734. The molecule has 0 N–H and O–H groups in total. The van der Waals surface area contributed by atoms with E-state index in [1.54, 1.807) is 6.20 Å². The summed E-state index contributed by atoms with van der Waals surface area (Å²) in [6.45, 7) is 5.59. The Balaban J connectivity index is 1.21. The van der Waals surface area contributed by atoms with E-state index in [2.05, 4.69) is 75.4 Å². The second kappa shape index (κ2) is 8.68. The number of carbonyl (C=O) groups excluding carboxylic acids is 1. The van der Waals surface area contributed by atoms with Gasteiger partial charge in [0.05, 0.1) is 6.04 Å². The molecule has 1 amide bonds. The Kier molecular flexibility index (Phi) is 5.62. The van der Waals surface area contributed by atoms with Crippen molar-refractivity contribution in [3.8, 4) is 0 Å². The van der Waals surface area contributed by atoms with Crippen LogP contribution in [0.5, 0.6) is 0 Å². The monoisotopic (exact) mass is 418 g/mol. The number of likely N-dealkylation sites (tertiary alicyclic amines) is 1. The van der Waals surface area contributed by atoms with Crippen molar-refractivity contribution in [1.82, 2.24) is 19.7 Å². The van der Waals surface area contributed by atoms with Crippen molar-refractivity contribution < 1.29 is 4.79 Å². The second-order valence-electron chi connectivity index (χ2n) is 8.00. The van der Waals surface area contributed by atoms with Crippen molar-refractivity contribution in [3.05, 3.63) is 88.4 Å². The summed E-state index contributed by atoms with van der Waals surface area (Å²) in [4.78, 5) is 23.8. The Morgan fingerprint density at radius 3 is 2.03 bits per heavy atom. The largest absolute Gasteiger partial charge is 0.334 e. The number of hydrogen-bond acceptors (Lipinski definition) is 5. The molecule has 154 valence electrons. The van der Waals surface area contributed by atoms with Gasteiger partial charge in [0.15, 0.2) is 5.01 Å². The van der Waals surface area contributed by atoms with E-state index >= 15 is 0 Å². The van der Waals surface area contributed by atoms with E-state index in [9.17, 15) is 4.79 Å². The van der Waals surface area contributed by atoms with Crippen LogP contribution >= 0.6 is 11.3 Å². The van der Waals surface area contributed by atoms with Crippen LogP contribution in [0.1, 0.15) is 27.0 Å². The van der Waals surface area contributed by atoms with Gasteiger partial charge >= 0.3 is 0 Å². The average molecular weight is 419 g/mol. The summed E-state index contributed by atoms with van der Waals surface area (Å²) in [6, 6.07) is 22.5. The van der Waals surface area contributed by atoms with Crippen LogP contribution in [0.25, 0.3) is 0 Å². The minimum Gasteiger partial charge on any atom is -0.334 e. The van der Waals surface area contributed by atoms with Crippen LogP contribution in [-0.4, -0.2) is 70.9 Å². The van der Waals surface area contributed by atoms with Crippen molar-refractivity contribution in [2.24, 2.45) is 0 Å². The summed E-state index contributed by atoms with van der Waals surface area (Å²) in [5.41, 5.74) is 2.70. The third kappa shape index (κ3) is 3.90. The van der Waals surface area contributed by atoms with E-state index in [1.807, 2.05) is 10.3 Å². The Bertz CT molecular complexity index is 910. The predicted octanol–water partition coefficient (Wildman–Crippen LogP) is 3.37. The van der Waals surface area contributed by atoms with E-state index in [-0.39, 0.29) is 5.91 Å². The van der Waals surface area contributed by atoms with E-state index in [0.717, 1.165) is 39.3 Å². The van der Waals surface area contributed by atoms with Crippen LogP contribution in [0, 0.1) is 0 Å². The first-order valence-electron chi connectivity index (χ1n) is 10.6. The fourth-order valence-corrected chi connectivity index (χ4v) is 5.17. The molecule has 0 unspecified atom stereocenters. The van der Waals surface area contributed by atoms with Gasteiger partial charge in [0, 0.05) is 56.9 Å². The molecule has 0 saturated carbocycles. The molecule has 1 aromatic heterocycles. The highest BCUT2D eigenvalue weighted by Crippen LogP contribution is 2.33. The highest BCUT2D eigenvalue weighted by atomic mass is 32.1. The van der Waals surface area contributed by atoms with Gasteiger partial charge in [-0.05, 0) is 11.1 Å². The lowest BCUT2D eigenvalue weighted by atomic mass is 9.92. The normalized spacial score (nSPS) is 18.5. The molecule has 0 aliphatic carbocycles. The van der Waals surface area contributed by atoms with Gasteiger partial charge in [-0.15, -0.1) is 11.3 Å². The molecule has 0 radical (unpaired) electrons. The van der Waals surface area contributed by atoms with Crippen molar-refractivity contribution in [1.29, 1.82) is 0 Å². The Labute approximate surface area is 181 Å². The van der Waals surface area contributed by atoms with Gasteiger partial charge in [0.25, 0.3) is 5.91 Å². The number of aromatic nitrogens is 1. The zero-order valence-electron chi connectivity index (χ0n) is 16.9. The Morgan fingerprint density at radius 2 is 1.50 bits per heavy atom. The smallest absolute Gasteiger partial charge is 0.282 e. The van der Waals surface area contributed by atoms with Crippen LogP contribution in [0.15, 0.2) is 72.2 Å². The van der Waals surface area contributed by atoms with Gasteiger partial charge in [-0.2, -0.15) is 0 Å². The molecule has 3 aromatic rings. The quantitative estimate of drug-likeness (QED) is 0.637. The van der Waals surface area contributed by atoms with Crippen molar-refractivity contribution in [2.45, 2.75) is 12.1 Å². The summed E-state index contributed by atoms with van der Waals surface area (Å²) in [5, 5.41) is 2.47. The molecule has 2 saturated heterocycles. The van der Waals surface area contributed by atoms with Crippen molar-refractivity contribution >= 4 is 17.2 Å². The lowest BCUT2D eigenvalue weighted by Gasteiger charge is -2.51. The standard InChI is InChI=1S/C24H26N4OS/c29-24(23-25-11-16-30-23)27-14-12-26(13-15-27)21-17-28(18-21)22(19-7-3-1-4-8-19)20-9-5-2-6-10-20/h1-11,16,21-22H,12-15,17-18H2. The maximum atomic E-state index is 12.5. The first-order chi connectivity index (χ1) is 14.8. The molecule has 2 aromatic carbocycles. The van der Waals surface area contributed by atoms with Gasteiger partial charge in [-0.3, -0.25) is 14.6 Å². The van der Waals surface area contributed by atoms with Crippen molar-refractivity contribution in [2.75, 3.05) is 39.3 Å². The topological polar surface area (TPSA) is 39.7 Å². The maximum Gasteiger partial charge on any atom is 0.282 e. The molecular formula is C24H26N4OS. The third-order valence-corrected chi connectivity index (χ3v) is 6.98. The highest BCUT2D eigenvalue weighted by molar-refractivity contribution is 7.11. The zero-order valence-corrected chi connectivity index (χ0v) is 17.7. The minimum atomic E-state index is 0.0769. The third-order valence-electron chi connectivity index (χ3n) is 6.22. The molecule has 5 rings (SSSR count). The van der Waals surface area contributed by atoms with E-state index in [0.29, 0.717) is 17.1 Å². The van der Waals surface area contributed by atoms with Gasteiger partial charge in [-0.25, -0.2) is 4.98 Å². The summed E-state index contributed by atoms with van der Waals surface area (Å²) in [6.07, 6.45) is 1.70. The summed E-state index contributed by atoms with van der Waals surface area (Å²) < 4.78 is 0. The summed E-state index contributed by atoms with van der Waals surface area (Å²) >= 11 is 1.42. The van der Waals surface area contributed by atoms with Crippen LogP contribution in [0.2, 0.25) is 0 Å². The van der Waals surface area contributed by atoms with Crippen LogP contribution < -0.4 is 0 Å². The first kappa shape index (κ1) is 19.4. The molecule has 2 aliphatic heterocycles. The number of thiazole rings is 1. The van der Waals surface area contributed by atoms with E-state index in [1.165, 1.54) is 22.5 Å². The predicted molar refractivity (Wildman–Crippen MR) is 120 cm³/mol. The second-order valence-corrected chi connectivity index (χ2v) is 8.89. The molecule has 6 heteroatoms. The number of benzene rings is 2. The number of piperazine rings is 1. The molecule has 30 heavy (non-hydrogen) atoms. The Hall–Kier alpha value is -2.54. The number of rotatable bonds is 5. The van der Waals surface area contributed by atoms with Crippen LogP contribution in [0.3, 0.4) is 0 Å². The van der Waals surface area contributed by atoms with Crippen molar-refractivity contribution in [3.63, 3.8) is 0 Å². The van der Waals surface area contributed by atoms with Gasteiger partial charge in [-0.1, -0.05) is 60.7 Å². The molecule has 0 atom stereocenters. The molecule has 3 heterocycles. The highest BCUT2D eigenvalue weighted by Gasteiger charge is 2.38. The average Bonchev–Trinajstić information content (AvgIpc) is 3.32. The van der Waals surface area contributed by atoms with Gasteiger partial charge in [0.2, 0.25) is 0 Å². The van der Waals surface area contributed by atoms with Gasteiger partial charge in [0.1, 0.15) is 0 Å². The maximum absolute atomic E-state index is 12.5. The Morgan fingerprint density at radius 1 is 0.900 bits per heavy atom. The van der Waals surface area contributed by atoms with E-state index < -0.39 is 0 Å². The minimum absolute atomic E-state index is 0.0769. The molecule has 5 nitrogen and oxygen atoms in total. The fraction of sp³-hybridized carbons (Fsp3) is 0.333. The molecule has 2 aliphatic rings. The van der Waals surface area contributed by atoms with Gasteiger partial charge < -0.3 is 4.90 Å². The number of amides is 1. The number of hydrogen-bond donors (Lipinski definition) is 0. The zero-order chi connectivity index (χ0) is 20.3. The SMILES string of the molecule is O=C(c1nccs1)N1CCN(C2CN(C(c3ccccc3)c3ccccc3)C2)CC1. The number of nitrogens with zero attached hydrogens (tertiary/aromatic N) is 4. The molecular weight excluding hydrogens is 392 g/mol. The van der Waals surface area contributed by atoms with E-state index in [4.69, 9.17) is 0 Å². The lowest BCUT2D eigenvalue weighted by Crippen LogP contribution is -2.63. The fourth-order valence-electron chi connectivity index (χ4n) is 4.57. The molecule has 2 fully saturated rings. The van der Waals surface area contributed by atoms with Crippen LogP contribution in [0.4, 0.5) is 0 Å². The summed E-state index contributed by atoms with van der Waals surface area (Å²) in [7, 11) is 0. The molecule has 0 bridgehead atoms. The number of carbonyl (C=O) groups is 1. The van der Waals surface area contributed by atoms with Crippen LogP contribution in [-0.2, 0) is 0 Å². The molecule has 0 spiro atoms.